The molecule has 2 aromatic heterocycles. The van der Waals surface area contributed by atoms with Crippen molar-refractivity contribution in [2.45, 2.75) is 25.8 Å². The summed E-state index contributed by atoms with van der Waals surface area (Å²) >= 11 is 1.25. The van der Waals surface area contributed by atoms with Crippen LogP contribution in [-0.4, -0.2) is 53.7 Å². The molecule has 1 saturated heterocycles. The van der Waals surface area contributed by atoms with Crippen LogP contribution in [0.1, 0.15) is 28.7 Å². The summed E-state index contributed by atoms with van der Waals surface area (Å²) in [5.41, 5.74) is 0.852. The highest BCUT2D eigenvalue weighted by atomic mass is 32.2. The van der Waals surface area contributed by atoms with Crippen molar-refractivity contribution in [1.82, 2.24) is 15.1 Å². The van der Waals surface area contributed by atoms with Gasteiger partial charge in [-0.1, -0.05) is 18.2 Å². The average Bonchev–Trinajstić information content (AvgIpc) is 3.33. The molecule has 0 spiro atoms. The number of amides is 1. The van der Waals surface area contributed by atoms with Gasteiger partial charge in [-0.3, -0.25) is 4.79 Å². The van der Waals surface area contributed by atoms with Crippen LogP contribution >= 0.6 is 11.3 Å². The molecule has 1 aromatic carbocycles. The van der Waals surface area contributed by atoms with Gasteiger partial charge in [0, 0.05) is 5.39 Å². The Morgan fingerprint density at radius 3 is 2.70 bits per heavy atom. The molecule has 1 unspecified atom stereocenters. The lowest BCUT2D eigenvalue weighted by atomic mass is 10.0. The molecule has 3 aromatic rings. The fourth-order valence-electron chi connectivity index (χ4n) is 3.58. The lowest BCUT2D eigenvalue weighted by Gasteiger charge is -2.23. The van der Waals surface area contributed by atoms with Gasteiger partial charge in [-0.05, 0) is 38.5 Å². The first-order valence-corrected chi connectivity index (χ1v) is 12.0. The number of hydrogen-bond donors (Lipinski definition) is 1. The van der Waals surface area contributed by atoms with E-state index in [0.29, 0.717) is 11.3 Å². The number of nitrogens with zero attached hydrogens (tertiary/aromatic N) is 2. The number of esters is 1. The highest BCUT2D eigenvalue weighted by molar-refractivity contribution is 7.91. The summed E-state index contributed by atoms with van der Waals surface area (Å²) in [6.07, 6.45) is 0.348. The van der Waals surface area contributed by atoms with Crippen LogP contribution in [0.3, 0.4) is 0 Å². The molecule has 10 heteroatoms. The van der Waals surface area contributed by atoms with E-state index in [9.17, 15) is 18.0 Å². The zero-order chi connectivity index (χ0) is 21.5. The number of nitrogens with one attached hydrogen (secondary N) is 1. The molecular formula is C20H21N3O5S2. The molecule has 8 nitrogen and oxygen atoms in total. The zero-order valence-corrected chi connectivity index (χ0v) is 18.2. The van der Waals surface area contributed by atoms with Gasteiger partial charge in [0.1, 0.15) is 9.71 Å². The van der Waals surface area contributed by atoms with Gasteiger partial charge < -0.3 is 10.1 Å². The molecule has 158 valence electrons. The van der Waals surface area contributed by atoms with Crippen LogP contribution < -0.4 is 5.32 Å². The van der Waals surface area contributed by atoms with E-state index < -0.39 is 33.9 Å². The standard InChI is InChI=1S/C20H21N3O5S2/c1-13-15-10-16(29-18(15)23(22-13)14-6-4-3-5-7-14)19(25)28-11-17(24)21-20(2)8-9-30(26,27)12-20/h3-7,10H,8-9,11-12H2,1-2H3,(H,21,24). The molecule has 1 aliphatic rings. The zero-order valence-electron chi connectivity index (χ0n) is 16.5. The van der Waals surface area contributed by atoms with E-state index >= 15 is 0 Å². The van der Waals surface area contributed by atoms with E-state index in [1.165, 1.54) is 11.3 Å². The number of thiophene rings is 1. The van der Waals surface area contributed by atoms with Gasteiger partial charge in [0.2, 0.25) is 0 Å². The van der Waals surface area contributed by atoms with Crippen LogP contribution in [0.2, 0.25) is 0 Å². The van der Waals surface area contributed by atoms with Crippen LogP contribution in [0, 0.1) is 6.92 Å². The minimum absolute atomic E-state index is 0.0448. The number of hydrogen-bond acceptors (Lipinski definition) is 7. The van der Waals surface area contributed by atoms with Crippen LogP contribution in [0.5, 0.6) is 0 Å². The third-order valence-corrected chi connectivity index (χ3v) is 8.02. The number of aromatic nitrogens is 2. The van der Waals surface area contributed by atoms with E-state index in [2.05, 4.69) is 10.4 Å². The molecule has 30 heavy (non-hydrogen) atoms. The van der Waals surface area contributed by atoms with Crippen molar-refractivity contribution >= 4 is 43.3 Å². The minimum atomic E-state index is -3.14. The average molecular weight is 448 g/mol. The molecule has 0 bridgehead atoms. The van der Waals surface area contributed by atoms with Crippen molar-refractivity contribution < 1.29 is 22.7 Å². The predicted octanol–water partition coefficient (Wildman–Crippen LogP) is 2.25. The lowest BCUT2D eigenvalue weighted by Crippen LogP contribution is -2.48. The van der Waals surface area contributed by atoms with Crippen molar-refractivity contribution in [3.63, 3.8) is 0 Å². The van der Waals surface area contributed by atoms with Crippen molar-refractivity contribution in [2.24, 2.45) is 0 Å². The quantitative estimate of drug-likeness (QED) is 0.601. The normalized spacial score (nSPS) is 20.3. The first-order chi connectivity index (χ1) is 14.2. The number of benzene rings is 1. The summed E-state index contributed by atoms with van der Waals surface area (Å²) in [6, 6.07) is 11.3. The maximum atomic E-state index is 12.5. The minimum Gasteiger partial charge on any atom is -0.451 e. The van der Waals surface area contributed by atoms with Crippen LogP contribution in [0.4, 0.5) is 0 Å². The summed E-state index contributed by atoms with van der Waals surface area (Å²) in [5, 5.41) is 8.06. The molecule has 4 rings (SSSR count). The number of carbonyl (C=O) groups is 2. The Hall–Kier alpha value is -2.72. The Bertz CT molecular complexity index is 1230. The maximum Gasteiger partial charge on any atom is 0.348 e. The van der Waals surface area contributed by atoms with E-state index in [-0.39, 0.29) is 11.5 Å². The number of rotatable bonds is 5. The predicted molar refractivity (Wildman–Crippen MR) is 114 cm³/mol. The van der Waals surface area contributed by atoms with Crippen molar-refractivity contribution in [1.29, 1.82) is 0 Å². The van der Waals surface area contributed by atoms with E-state index in [0.717, 1.165) is 21.6 Å². The number of ether oxygens (including phenoxy) is 1. The van der Waals surface area contributed by atoms with Crippen molar-refractivity contribution in [2.75, 3.05) is 18.1 Å². The van der Waals surface area contributed by atoms with Gasteiger partial charge in [0.15, 0.2) is 16.4 Å². The van der Waals surface area contributed by atoms with Crippen molar-refractivity contribution in [3.05, 3.63) is 47.0 Å². The van der Waals surface area contributed by atoms with Gasteiger partial charge in [-0.25, -0.2) is 17.9 Å². The highest BCUT2D eigenvalue weighted by Crippen LogP contribution is 2.30. The summed E-state index contributed by atoms with van der Waals surface area (Å²) in [7, 11) is -3.14. The van der Waals surface area contributed by atoms with Crippen LogP contribution in [0.25, 0.3) is 15.9 Å². The molecule has 0 radical (unpaired) electrons. The first-order valence-electron chi connectivity index (χ1n) is 9.39. The fraction of sp³-hybridized carbons (Fsp3) is 0.350. The Morgan fingerprint density at radius 2 is 2.03 bits per heavy atom. The second-order valence-electron chi connectivity index (χ2n) is 7.69. The molecule has 1 N–H and O–H groups in total. The Morgan fingerprint density at radius 1 is 1.30 bits per heavy atom. The van der Waals surface area contributed by atoms with Gasteiger partial charge in [0.25, 0.3) is 5.91 Å². The van der Waals surface area contributed by atoms with Gasteiger partial charge >= 0.3 is 5.97 Å². The first kappa shape index (κ1) is 20.5. The molecule has 1 aliphatic heterocycles. The summed E-state index contributed by atoms with van der Waals surface area (Å²) in [6.45, 7) is 3.08. The number of sulfone groups is 1. The summed E-state index contributed by atoms with van der Waals surface area (Å²) < 4.78 is 30.2. The molecule has 0 aliphatic carbocycles. The second kappa shape index (κ2) is 7.51. The number of fused-ring (bicyclic) bond motifs is 1. The third kappa shape index (κ3) is 4.10. The molecule has 1 fully saturated rings. The van der Waals surface area contributed by atoms with E-state index in [1.54, 1.807) is 17.7 Å². The van der Waals surface area contributed by atoms with Gasteiger partial charge in [0.05, 0.1) is 28.4 Å². The van der Waals surface area contributed by atoms with E-state index in [4.69, 9.17) is 4.74 Å². The Balaban J connectivity index is 1.45. The largest absolute Gasteiger partial charge is 0.451 e. The number of carbonyl (C=O) groups excluding carboxylic acids is 2. The summed E-state index contributed by atoms with van der Waals surface area (Å²) in [4.78, 5) is 25.8. The van der Waals surface area contributed by atoms with Gasteiger partial charge in [-0.15, -0.1) is 11.3 Å². The molecule has 0 saturated carbocycles. The Labute approximate surface area is 177 Å². The Kier molecular flexibility index (Phi) is 5.15. The van der Waals surface area contributed by atoms with Crippen LogP contribution in [-0.2, 0) is 19.4 Å². The molecule has 1 atom stereocenters. The lowest BCUT2D eigenvalue weighted by molar-refractivity contribution is -0.125. The summed E-state index contributed by atoms with van der Waals surface area (Å²) in [5.74, 6) is -1.18. The van der Waals surface area contributed by atoms with Crippen LogP contribution in [0.15, 0.2) is 36.4 Å². The number of para-hydroxylation sites is 1. The fourth-order valence-corrected chi connectivity index (χ4v) is 6.75. The van der Waals surface area contributed by atoms with E-state index in [1.807, 2.05) is 37.3 Å². The topological polar surface area (TPSA) is 107 Å². The monoisotopic (exact) mass is 447 g/mol. The van der Waals surface area contributed by atoms with Gasteiger partial charge in [-0.2, -0.15) is 5.10 Å². The molecule has 1 amide bonds. The molecule has 3 heterocycles. The maximum absolute atomic E-state index is 12.5. The highest BCUT2D eigenvalue weighted by Gasteiger charge is 2.39. The van der Waals surface area contributed by atoms with Crippen molar-refractivity contribution in [3.8, 4) is 5.69 Å². The number of aryl methyl sites for hydroxylation is 1. The SMILES string of the molecule is Cc1nn(-c2ccccc2)c2sc(C(=O)OCC(=O)NC3(C)CCS(=O)(=O)C3)cc12. The third-order valence-electron chi connectivity index (χ3n) is 5.03. The molecular weight excluding hydrogens is 426 g/mol. The smallest absolute Gasteiger partial charge is 0.348 e. The second-order valence-corrected chi connectivity index (χ2v) is 10.9.